The molecule has 2 rings (SSSR count). The van der Waals surface area contributed by atoms with E-state index in [1.165, 1.54) is 5.56 Å². The van der Waals surface area contributed by atoms with Crippen molar-refractivity contribution in [1.82, 2.24) is 19.9 Å². The van der Waals surface area contributed by atoms with Gasteiger partial charge in [-0.05, 0) is 44.5 Å². The highest BCUT2D eigenvalue weighted by atomic mass is 32.2. The Morgan fingerprint density at radius 2 is 2.05 bits per heavy atom. The fraction of sp³-hybridized carbons (Fsp3) is 0.400. The number of aryl methyl sites for hydroxylation is 1. The highest BCUT2D eigenvalue weighted by Gasteiger charge is 2.04. The highest BCUT2D eigenvalue weighted by molar-refractivity contribution is 7.99. The molecule has 118 valence electrons. The van der Waals surface area contributed by atoms with Crippen molar-refractivity contribution in [3.63, 3.8) is 0 Å². The van der Waals surface area contributed by atoms with Crippen molar-refractivity contribution >= 4 is 29.3 Å². The molecule has 22 heavy (non-hydrogen) atoms. The third-order valence-corrected chi connectivity index (χ3v) is 4.36. The van der Waals surface area contributed by atoms with E-state index < -0.39 is 0 Å². The fourth-order valence-corrected chi connectivity index (χ4v) is 3.27. The second kappa shape index (κ2) is 8.36. The van der Waals surface area contributed by atoms with E-state index in [0.717, 1.165) is 34.6 Å². The molecule has 0 unspecified atom stereocenters. The van der Waals surface area contributed by atoms with Crippen molar-refractivity contribution in [2.75, 3.05) is 31.8 Å². The van der Waals surface area contributed by atoms with Gasteiger partial charge in [-0.1, -0.05) is 11.8 Å². The molecule has 0 aromatic carbocycles. The van der Waals surface area contributed by atoms with Gasteiger partial charge in [0, 0.05) is 30.3 Å². The summed E-state index contributed by atoms with van der Waals surface area (Å²) in [5.74, 6) is 1.41. The van der Waals surface area contributed by atoms with E-state index in [4.69, 9.17) is 5.73 Å². The summed E-state index contributed by atoms with van der Waals surface area (Å²) in [5.41, 5.74) is 8.17. The summed E-state index contributed by atoms with van der Waals surface area (Å²) in [6.45, 7) is 0.929. The number of anilines is 1. The quantitative estimate of drug-likeness (QED) is 0.474. The largest absolute Gasteiger partial charge is 0.384 e. The average Bonchev–Trinajstić information content (AvgIpc) is 2.46. The lowest BCUT2D eigenvalue weighted by atomic mass is 10.2. The monoisotopic (exact) mass is 335 g/mol. The Balaban J connectivity index is 1.92. The van der Waals surface area contributed by atoms with Crippen LogP contribution < -0.4 is 5.73 Å². The number of thioether (sulfide) groups is 2. The molecule has 0 bridgehead atoms. The van der Waals surface area contributed by atoms with Crippen LogP contribution in [-0.4, -0.2) is 46.0 Å². The Morgan fingerprint density at radius 1 is 1.23 bits per heavy atom. The average molecular weight is 336 g/mol. The lowest BCUT2D eigenvalue weighted by Gasteiger charge is -2.10. The second-order valence-corrected chi connectivity index (χ2v) is 7.00. The molecule has 0 spiro atoms. The molecular formula is C15H21N5S2. The van der Waals surface area contributed by atoms with Gasteiger partial charge in [0.2, 0.25) is 0 Å². The summed E-state index contributed by atoms with van der Waals surface area (Å²) < 4.78 is 0. The topological polar surface area (TPSA) is 67.9 Å². The first-order valence-electron chi connectivity index (χ1n) is 6.96. The molecular weight excluding hydrogens is 314 g/mol. The van der Waals surface area contributed by atoms with Gasteiger partial charge in [0.15, 0.2) is 5.16 Å². The van der Waals surface area contributed by atoms with Gasteiger partial charge < -0.3 is 10.6 Å². The molecule has 0 saturated heterocycles. The van der Waals surface area contributed by atoms with Crippen molar-refractivity contribution in [3.8, 4) is 0 Å². The molecule has 0 fully saturated rings. The van der Waals surface area contributed by atoms with Crippen LogP contribution in [-0.2, 0) is 13.0 Å². The van der Waals surface area contributed by atoms with E-state index in [9.17, 15) is 0 Å². The number of hydrogen-bond acceptors (Lipinski definition) is 7. The molecule has 7 heteroatoms. The Morgan fingerprint density at radius 3 is 2.77 bits per heavy atom. The van der Waals surface area contributed by atoms with Gasteiger partial charge in [-0.25, -0.2) is 9.97 Å². The Labute approximate surface area is 140 Å². The van der Waals surface area contributed by atoms with E-state index in [2.05, 4.69) is 46.1 Å². The van der Waals surface area contributed by atoms with Crippen LogP contribution in [0.1, 0.15) is 11.3 Å². The van der Waals surface area contributed by atoms with Crippen LogP contribution in [0.5, 0.6) is 0 Å². The Kier molecular flexibility index (Phi) is 6.48. The van der Waals surface area contributed by atoms with Crippen LogP contribution in [0, 0.1) is 0 Å². The molecule has 2 aromatic rings. The van der Waals surface area contributed by atoms with E-state index in [0.29, 0.717) is 5.82 Å². The molecule has 0 atom stereocenters. The molecule has 0 saturated carbocycles. The lowest BCUT2D eigenvalue weighted by molar-refractivity contribution is 0.402. The predicted molar refractivity (Wildman–Crippen MR) is 94.3 cm³/mol. The first-order valence-corrected chi connectivity index (χ1v) is 9.17. The van der Waals surface area contributed by atoms with Crippen LogP contribution in [0.2, 0.25) is 0 Å². The Bertz CT molecular complexity index is 619. The smallest absolute Gasteiger partial charge is 0.190 e. The van der Waals surface area contributed by atoms with Crippen molar-refractivity contribution < 1.29 is 0 Å². The minimum absolute atomic E-state index is 0.521. The molecule has 2 heterocycles. The third kappa shape index (κ3) is 5.47. The number of pyridine rings is 1. The van der Waals surface area contributed by atoms with Crippen LogP contribution in [0.3, 0.4) is 0 Å². The normalized spacial score (nSPS) is 11.1. The highest BCUT2D eigenvalue weighted by Crippen LogP contribution is 2.21. The summed E-state index contributed by atoms with van der Waals surface area (Å²) >= 11 is 3.19. The summed E-state index contributed by atoms with van der Waals surface area (Å²) in [4.78, 5) is 15.3. The van der Waals surface area contributed by atoms with E-state index in [1.807, 2.05) is 12.5 Å². The lowest BCUT2D eigenvalue weighted by Crippen LogP contribution is -2.11. The van der Waals surface area contributed by atoms with Crippen LogP contribution >= 0.6 is 23.5 Å². The van der Waals surface area contributed by atoms with Crippen molar-refractivity contribution in [2.45, 2.75) is 23.1 Å². The summed E-state index contributed by atoms with van der Waals surface area (Å²) in [5, 5.41) is 1.63. The number of nitrogens with two attached hydrogens (primary N) is 1. The standard InChI is InChI=1S/C15H21N5S2/c1-20(2)10-11-4-6-17-12(8-11)5-7-22-15-18-13(16)9-14(19-15)21-3/h4,6,8-9H,5,7,10H2,1-3H3,(H2,16,18,19). The van der Waals surface area contributed by atoms with Crippen molar-refractivity contribution in [1.29, 1.82) is 0 Å². The minimum Gasteiger partial charge on any atom is -0.384 e. The molecule has 0 aliphatic carbocycles. The number of hydrogen-bond donors (Lipinski definition) is 1. The van der Waals surface area contributed by atoms with E-state index >= 15 is 0 Å². The maximum absolute atomic E-state index is 5.79. The fourth-order valence-electron chi connectivity index (χ4n) is 1.97. The molecule has 2 N–H and O–H groups in total. The molecule has 0 amide bonds. The first-order chi connectivity index (χ1) is 10.6. The van der Waals surface area contributed by atoms with Gasteiger partial charge in [0.25, 0.3) is 0 Å². The molecule has 2 aromatic heterocycles. The maximum atomic E-state index is 5.79. The van der Waals surface area contributed by atoms with Crippen LogP contribution in [0.4, 0.5) is 5.82 Å². The zero-order valence-corrected chi connectivity index (χ0v) is 14.7. The van der Waals surface area contributed by atoms with Gasteiger partial charge in [-0.15, -0.1) is 11.8 Å². The molecule has 0 aliphatic rings. The number of aromatic nitrogens is 3. The number of nitrogen functional groups attached to an aromatic ring is 1. The van der Waals surface area contributed by atoms with Crippen LogP contribution in [0.25, 0.3) is 0 Å². The zero-order valence-electron chi connectivity index (χ0n) is 13.1. The van der Waals surface area contributed by atoms with E-state index in [-0.39, 0.29) is 0 Å². The second-order valence-electron chi connectivity index (χ2n) is 5.11. The predicted octanol–water partition coefficient (Wildman–Crippen LogP) is 2.57. The Hall–Kier alpha value is -1.31. The van der Waals surface area contributed by atoms with Gasteiger partial charge in [0.05, 0.1) is 0 Å². The summed E-state index contributed by atoms with van der Waals surface area (Å²) in [7, 11) is 4.13. The van der Waals surface area contributed by atoms with Crippen molar-refractivity contribution in [3.05, 3.63) is 35.7 Å². The van der Waals surface area contributed by atoms with Crippen LogP contribution in [0.15, 0.2) is 34.6 Å². The molecule has 5 nitrogen and oxygen atoms in total. The summed E-state index contributed by atoms with van der Waals surface area (Å²) in [6, 6.07) is 6.01. The number of nitrogens with zero attached hydrogens (tertiary/aromatic N) is 4. The first kappa shape index (κ1) is 17.1. The van der Waals surface area contributed by atoms with E-state index in [1.54, 1.807) is 29.6 Å². The zero-order chi connectivity index (χ0) is 15.9. The number of rotatable bonds is 7. The van der Waals surface area contributed by atoms with Gasteiger partial charge in [0.1, 0.15) is 10.8 Å². The minimum atomic E-state index is 0.521. The summed E-state index contributed by atoms with van der Waals surface area (Å²) in [6.07, 6.45) is 4.75. The molecule has 0 radical (unpaired) electrons. The SMILES string of the molecule is CSc1cc(N)nc(SCCc2cc(CN(C)C)ccn2)n1. The molecule has 0 aliphatic heterocycles. The van der Waals surface area contributed by atoms with Gasteiger partial charge >= 0.3 is 0 Å². The van der Waals surface area contributed by atoms with Gasteiger partial charge in [-0.3, -0.25) is 4.98 Å². The third-order valence-electron chi connectivity index (χ3n) is 2.88. The maximum Gasteiger partial charge on any atom is 0.190 e. The van der Waals surface area contributed by atoms with Crippen molar-refractivity contribution in [2.24, 2.45) is 0 Å². The van der Waals surface area contributed by atoms with Gasteiger partial charge in [-0.2, -0.15) is 0 Å².